The summed E-state index contributed by atoms with van der Waals surface area (Å²) in [6, 6.07) is 24.1. The molecule has 4 heteroatoms. The number of benzene rings is 1. The van der Waals surface area contributed by atoms with Crippen molar-refractivity contribution >= 4 is 14.8 Å². The van der Waals surface area contributed by atoms with Crippen LogP contribution < -0.4 is 21.2 Å². The van der Waals surface area contributed by atoms with E-state index in [0.29, 0.717) is 0 Å². The second kappa shape index (κ2) is 9.98. The number of halogens is 1. The molecular formula is C26H20IN2O-. The van der Waals surface area contributed by atoms with E-state index in [0.717, 1.165) is 31.6 Å². The molecule has 0 bridgehead atoms. The molecule has 0 spiro atoms. The zero-order valence-corrected chi connectivity index (χ0v) is 18.4. The van der Waals surface area contributed by atoms with Crippen LogP contribution in [0.1, 0.15) is 0 Å². The van der Waals surface area contributed by atoms with E-state index in [1.54, 1.807) is 0 Å². The summed E-state index contributed by atoms with van der Waals surface area (Å²) in [6.07, 6.45) is 13.4. The third kappa shape index (κ3) is 5.21. The predicted octanol–water partition coefficient (Wildman–Crippen LogP) is 2.75. The molecule has 4 rings (SSSR count). The molecule has 0 unspecified atom stereocenters. The van der Waals surface area contributed by atoms with Crippen molar-refractivity contribution in [3.63, 3.8) is 0 Å². The Hall–Kier alpha value is -3.25. The molecular weight excluding hydrogens is 483 g/mol. The summed E-state index contributed by atoms with van der Waals surface area (Å²) in [5, 5.41) is 0. The Labute approximate surface area is 186 Å². The second-order valence-corrected chi connectivity index (χ2v) is 9.27. The Morgan fingerprint density at radius 1 is 0.800 bits per heavy atom. The van der Waals surface area contributed by atoms with E-state index in [2.05, 4.69) is 11.1 Å². The van der Waals surface area contributed by atoms with Gasteiger partial charge in [-0.05, 0) is 0 Å². The summed E-state index contributed by atoms with van der Waals surface area (Å²) in [6.45, 7) is 0. The molecule has 1 aliphatic rings. The summed E-state index contributed by atoms with van der Waals surface area (Å²) < 4.78 is 1.27. The third-order valence-electron chi connectivity index (χ3n) is 4.35. The summed E-state index contributed by atoms with van der Waals surface area (Å²) in [5.41, 5.74) is 3.60. The van der Waals surface area contributed by atoms with Gasteiger partial charge in [0.05, 0.1) is 0 Å². The predicted molar refractivity (Wildman–Crippen MR) is 118 cm³/mol. The van der Waals surface area contributed by atoms with Crippen LogP contribution in [0, 0.1) is 3.57 Å². The van der Waals surface area contributed by atoms with Crippen LogP contribution in [0.15, 0.2) is 121 Å². The number of aromatic amines is 1. The van der Waals surface area contributed by atoms with Crippen LogP contribution in [0.5, 0.6) is 0 Å². The summed E-state index contributed by atoms with van der Waals surface area (Å²) in [5.74, 6) is 0.813. The van der Waals surface area contributed by atoms with Gasteiger partial charge in [0, 0.05) is 0 Å². The second-order valence-electron chi connectivity index (χ2n) is 6.50. The number of carbonyl (C=O) groups is 1. The van der Waals surface area contributed by atoms with E-state index in [1.807, 2.05) is 109 Å². The van der Waals surface area contributed by atoms with Gasteiger partial charge in [0.15, 0.2) is 0 Å². The molecule has 0 radical (unpaired) electrons. The fraction of sp³-hybridized carbons (Fsp3) is 0. The minimum absolute atomic E-state index is 0.201. The standard InChI is InChI=1S/C26H20IN2O/c30-25(20-13-9-7-4-8-10-14-20)27-22-17-18-23-24(19-22)29-26(28-23)21-15-11-5-2-1-3-6-12-16-21/h1-19H,(H,28,29)/q-1/b2-1?,3-1?,5-2?,6-3?,7-4-,8-4?,9-7?,10-8-,11-5?,12-6?,13-9-,14-10?,15-11?,16-12?,20-13?,20-14+,21-15?,21-16?. The van der Waals surface area contributed by atoms with Gasteiger partial charge >= 0.3 is 187 Å². The van der Waals surface area contributed by atoms with Gasteiger partial charge < -0.3 is 0 Å². The molecule has 30 heavy (non-hydrogen) atoms. The van der Waals surface area contributed by atoms with Crippen molar-refractivity contribution in [1.82, 2.24) is 9.97 Å². The summed E-state index contributed by atoms with van der Waals surface area (Å²) in [7, 11) is 0. The number of fused-ring (bicyclic) bond motifs is 1. The molecule has 1 aliphatic carbocycles. The number of allylic oxidation sites excluding steroid dienone is 8. The van der Waals surface area contributed by atoms with Crippen LogP contribution in [-0.2, 0) is 4.79 Å². The first-order valence-electron chi connectivity index (χ1n) is 9.59. The Morgan fingerprint density at radius 3 is 2.30 bits per heavy atom. The number of rotatable bonds is 4. The maximum atomic E-state index is 12.8. The number of H-pyrrole nitrogens is 1. The average Bonchev–Trinajstić information content (AvgIpc) is 3.15. The van der Waals surface area contributed by atoms with Gasteiger partial charge in [-0.25, -0.2) is 0 Å². The van der Waals surface area contributed by atoms with Crippen molar-refractivity contribution in [2.45, 2.75) is 0 Å². The first-order valence-corrected chi connectivity index (χ1v) is 11.7. The summed E-state index contributed by atoms with van der Waals surface area (Å²) in [4.78, 5) is 20.9. The molecule has 0 aliphatic heterocycles. The van der Waals surface area contributed by atoms with Crippen LogP contribution >= 0.6 is 0 Å². The Bertz CT molecular complexity index is 1220. The first-order chi connectivity index (χ1) is 14.8. The Balaban J connectivity index is 1.61. The van der Waals surface area contributed by atoms with E-state index in [-0.39, 0.29) is 3.79 Å². The van der Waals surface area contributed by atoms with Crippen LogP contribution in [0.3, 0.4) is 0 Å². The minimum atomic E-state index is -0.799. The van der Waals surface area contributed by atoms with Gasteiger partial charge in [0.2, 0.25) is 0 Å². The van der Waals surface area contributed by atoms with E-state index < -0.39 is 21.2 Å². The molecule has 0 amide bonds. The van der Waals surface area contributed by atoms with Crippen molar-refractivity contribution in [2.75, 3.05) is 0 Å². The molecule has 0 atom stereocenters. The van der Waals surface area contributed by atoms with Crippen LogP contribution in [0.4, 0.5) is 0 Å². The zero-order valence-electron chi connectivity index (χ0n) is 16.2. The molecule has 2 aromatic carbocycles. The van der Waals surface area contributed by atoms with Crippen LogP contribution in [0.2, 0.25) is 0 Å². The topological polar surface area (TPSA) is 45.8 Å². The third-order valence-corrected chi connectivity index (χ3v) is 6.76. The fourth-order valence-electron chi connectivity index (χ4n) is 2.88. The molecule has 1 heterocycles. The summed E-state index contributed by atoms with van der Waals surface area (Å²) >= 11 is -0.799. The number of carbonyl (C=O) groups excluding carboxylic acids is 1. The SMILES string of the molecule is O=C([I-]c1ccc2nc(-c3ccccccccc3)[nH]c2c1)C1=C/C=C\C=C/C=C\1. The number of aromatic nitrogens is 2. The zero-order chi connectivity index (χ0) is 20.6. The van der Waals surface area contributed by atoms with Crippen LogP contribution in [-0.4, -0.2) is 13.8 Å². The Morgan fingerprint density at radius 2 is 1.50 bits per heavy atom. The van der Waals surface area contributed by atoms with E-state index in [4.69, 9.17) is 4.98 Å². The van der Waals surface area contributed by atoms with Gasteiger partial charge in [-0.1, -0.05) is 0 Å². The maximum absolute atomic E-state index is 12.8. The number of nitrogens with one attached hydrogen (secondary N) is 1. The van der Waals surface area contributed by atoms with E-state index in [1.165, 1.54) is 0 Å². The fourth-order valence-corrected chi connectivity index (χ4v) is 4.94. The van der Waals surface area contributed by atoms with Gasteiger partial charge in [0.25, 0.3) is 0 Å². The first kappa shape index (κ1) is 20.0. The normalized spacial score (nSPS) is 17.8. The molecule has 1 aromatic heterocycles. The number of hydrogen-bond donors (Lipinski definition) is 1. The van der Waals surface area contributed by atoms with Crippen molar-refractivity contribution in [1.29, 1.82) is 0 Å². The monoisotopic (exact) mass is 503 g/mol. The quantitative estimate of drug-likeness (QED) is 0.440. The Kier molecular flexibility index (Phi) is 6.67. The van der Waals surface area contributed by atoms with Gasteiger partial charge in [0.1, 0.15) is 0 Å². The van der Waals surface area contributed by atoms with Gasteiger partial charge in [-0.15, -0.1) is 0 Å². The molecule has 3 aromatic rings. The molecule has 0 saturated carbocycles. The molecule has 1 N–H and O–H groups in total. The molecule has 0 saturated heterocycles. The van der Waals surface area contributed by atoms with Crippen molar-refractivity contribution < 1.29 is 26.0 Å². The van der Waals surface area contributed by atoms with Crippen molar-refractivity contribution in [3.05, 3.63) is 124 Å². The van der Waals surface area contributed by atoms with Gasteiger partial charge in [-0.2, -0.15) is 0 Å². The molecule has 148 valence electrons. The van der Waals surface area contributed by atoms with Crippen LogP contribution in [0.25, 0.3) is 22.4 Å². The number of hydrogen-bond acceptors (Lipinski definition) is 2. The number of imidazole rings is 1. The van der Waals surface area contributed by atoms with Gasteiger partial charge in [-0.3, -0.25) is 0 Å². The van der Waals surface area contributed by atoms with E-state index in [9.17, 15) is 4.79 Å². The molecule has 3 nitrogen and oxygen atoms in total. The van der Waals surface area contributed by atoms with E-state index >= 15 is 0 Å². The van der Waals surface area contributed by atoms with Crippen molar-refractivity contribution in [3.8, 4) is 11.4 Å². The number of nitrogens with zero attached hydrogens (tertiary/aromatic N) is 1. The average molecular weight is 503 g/mol. The van der Waals surface area contributed by atoms with Crippen molar-refractivity contribution in [2.24, 2.45) is 0 Å². The molecule has 0 fully saturated rings.